The monoisotopic (exact) mass is 592 g/mol. The fourth-order valence-corrected chi connectivity index (χ4v) is 9.96. The minimum atomic E-state index is -2.04. The Kier molecular flexibility index (Phi) is 6.62. The van der Waals surface area contributed by atoms with Crippen LogP contribution in [0.4, 0.5) is 0 Å². The average molecular weight is 593 g/mol. The van der Waals surface area contributed by atoms with Gasteiger partial charge in [-0.15, -0.1) is 0 Å². The molecule has 0 atom stereocenters. The lowest BCUT2D eigenvalue weighted by atomic mass is 9.99. The van der Waals surface area contributed by atoms with E-state index in [0.717, 1.165) is 28.3 Å². The number of fused-ring (bicyclic) bond motifs is 3. The molecule has 6 aromatic carbocycles. The second kappa shape index (κ2) is 11.0. The van der Waals surface area contributed by atoms with Gasteiger partial charge in [0.2, 0.25) is 0 Å². The van der Waals surface area contributed by atoms with E-state index in [2.05, 4.69) is 171 Å². The molecule has 0 aliphatic carbocycles. The van der Waals surface area contributed by atoms with Gasteiger partial charge in [-0.1, -0.05) is 165 Å². The summed E-state index contributed by atoms with van der Waals surface area (Å²) in [5.74, 6) is 0.765. The second-order valence-electron chi connectivity index (χ2n) is 12.3. The van der Waals surface area contributed by atoms with Crippen molar-refractivity contribution in [2.24, 2.45) is 0 Å². The fourth-order valence-electron chi connectivity index (χ4n) is 6.73. The molecule has 7 aromatic rings. The Hall–Kier alpha value is -5.38. The summed E-state index contributed by atoms with van der Waals surface area (Å²) in [6, 6.07) is 56.2. The fraction of sp³-hybridized carbons (Fsp3) is 0.0476. The number of benzene rings is 6. The van der Waals surface area contributed by atoms with E-state index in [9.17, 15) is 0 Å². The maximum atomic E-state index is 5.37. The van der Waals surface area contributed by atoms with Crippen molar-refractivity contribution in [3.05, 3.63) is 158 Å². The van der Waals surface area contributed by atoms with Crippen LogP contribution in [0.25, 0.3) is 67.3 Å². The van der Waals surface area contributed by atoms with Gasteiger partial charge in [0, 0.05) is 11.1 Å². The lowest BCUT2D eigenvalue weighted by molar-refractivity contribution is 1.20. The summed E-state index contributed by atoms with van der Waals surface area (Å²) in [6.07, 6.45) is 0. The molecule has 0 saturated carbocycles. The number of aromatic nitrogens is 2. The summed E-state index contributed by atoms with van der Waals surface area (Å²) < 4.78 is 0. The van der Waals surface area contributed by atoms with Gasteiger partial charge < -0.3 is 0 Å². The van der Waals surface area contributed by atoms with Gasteiger partial charge in [0.05, 0.1) is 11.4 Å². The summed E-state index contributed by atoms with van der Waals surface area (Å²) in [6.45, 7) is 4.87. The van der Waals surface area contributed by atoms with E-state index in [1.165, 1.54) is 49.3 Å². The summed E-state index contributed by atoms with van der Waals surface area (Å²) in [5.41, 5.74) is 12.8. The van der Waals surface area contributed by atoms with Crippen molar-refractivity contribution >= 4 is 18.4 Å². The summed E-state index contributed by atoms with van der Waals surface area (Å²) in [7, 11) is -2.04. The van der Waals surface area contributed by atoms with Crippen molar-refractivity contribution in [2.75, 3.05) is 0 Å². The maximum Gasteiger partial charge on any atom is 0.160 e. The normalized spacial score (nSPS) is 12.8. The van der Waals surface area contributed by atoms with Crippen molar-refractivity contribution in [3.63, 3.8) is 0 Å². The Bertz CT molecular complexity index is 2150. The molecule has 0 fully saturated rings. The van der Waals surface area contributed by atoms with E-state index < -0.39 is 8.07 Å². The molecule has 0 radical (unpaired) electrons. The van der Waals surface area contributed by atoms with E-state index in [1.807, 2.05) is 0 Å². The summed E-state index contributed by atoms with van der Waals surface area (Å²) in [5, 5.41) is 2.76. The Labute approximate surface area is 265 Å². The third kappa shape index (κ3) is 4.82. The zero-order valence-electron chi connectivity index (χ0n) is 25.4. The van der Waals surface area contributed by atoms with Crippen molar-refractivity contribution in [1.82, 2.24) is 9.97 Å². The van der Waals surface area contributed by atoms with Crippen LogP contribution >= 0.6 is 0 Å². The molecule has 2 heterocycles. The Morgan fingerprint density at radius 1 is 0.378 bits per heavy atom. The third-order valence-corrected chi connectivity index (χ3v) is 12.6. The molecule has 1 aromatic heterocycles. The Morgan fingerprint density at radius 3 is 1.44 bits per heavy atom. The van der Waals surface area contributed by atoms with Crippen molar-refractivity contribution in [2.45, 2.75) is 13.1 Å². The Balaban J connectivity index is 1.23. The second-order valence-corrected chi connectivity index (χ2v) is 16.5. The van der Waals surface area contributed by atoms with Gasteiger partial charge >= 0.3 is 0 Å². The maximum absolute atomic E-state index is 5.37. The molecule has 214 valence electrons. The lowest BCUT2D eigenvalue weighted by Crippen LogP contribution is -2.50. The van der Waals surface area contributed by atoms with Gasteiger partial charge in [-0.3, -0.25) is 0 Å². The van der Waals surface area contributed by atoms with Crippen molar-refractivity contribution < 1.29 is 0 Å². The van der Waals surface area contributed by atoms with Crippen molar-refractivity contribution in [3.8, 4) is 67.3 Å². The quantitative estimate of drug-likeness (QED) is 0.186. The van der Waals surface area contributed by atoms with Crippen LogP contribution in [0.1, 0.15) is 0 Å². The van der Waals surface area contributed by atoms with Gasteiger partial charge in [-0.05, 0) is 55.4 Å². The first-order valence-corrected chi connectivity index (χ1v) is 18.5. The van der Waals surface area contributed by atoms with E-state index in [0.29, 0.717) is 0 Å². The van der Waals surface area contributed by atoms with Crippen LogP contribution in [0, 0.1) is 0 Å². The molecule has 0 spiro atoms. The molecule has 0 saturated heterocycles. The van der Waals surface area contributed by atoms with E-state index in [4.69, 9.17) is 9.97 Å². The van der Waals surface area contributed by atoms with Gasteiger partial charge in [0.25, 0.3) is 0 Å². The van der Waals surface area contributed by atoms with Gasteiger partial charge in [0.1, 0.15) is 8.07 Å². The summed E-state index contributed by atoms with van der Waals surface area (Å²) >= 11 is 0. The van der Waals surface area contributed by atoms with Crippen LogP contribution in [-0.4, -0.2) is 18.0 Å². The highest BCUT2D eigenvalue weighted by molar-refractivity contribution is 7.04. The molecule has 1 aliphatic rings. The first-order valence-electron chi connectivity index (χ1n) is 15.5. The van der Waals surface area contributed by atoms with Crippen LogP contribution in [0.15, 0.2) is 158 Å². The molecule has 0 N–H and O–H groups in total. The largest absolute Gasteiger partial charge is 0.228 e. The minimum absolute atomic E-state index is 0.765. The molecule has 45 heavy (non-hydrogen) atoms. The van der Waals surface area contributed by atoms with Crippen LogP contribution in [0.2, 0.25) is 13.1 Å². The van der Waals surface area contributed by atoms with Crippen molar-refractivity contribution in [1.29, 1.82) is 0 Å². The molecule has 3 heteroatoms. The number of hydrogen-bond donors (Lipinski definition) is 0. The van der Waals surface area contributed by atoms with Crippen LogP contribution < -0.4 is 10.4 Å². The zero-order chi connectivity index (χ0) is 30.4. The zero-order valence-corrected chi connectivity index (χ0v) is 26.4. The van der Waals surface area contributed by atoms with Gasteiger partial charge in [-0.25, -0.2) is 9.97 Å². The SMILES string of the molecule is C[Si]1(C)c2ccccc2-c2nc(-c3ccc(-c4ccc(-c5ccccc5)cc4)cc3)nc(-c3cccc(-c4ccccc4)c3)c21. The highest BCUT2D eigenvalue weighted by Crippen LogP contribution is 2.35. The summed E-state index contributed by atoms with van der Waals surface area (Å²) in [4.78, 5) is 10.7. The van der Waals surface area contributed by atoms with Gasteiger partial charge in [0.15, 0.2) is 5.82 Å². The molecular formula is C42H32N2Si. The molecule has 8 rings (SSSR count). The molecule has 0 unspecified atom stereocenters. The molecule has 1 aliphatic heterocycles. The Morgan fingerprint density at radius 2 is 0.822 bits per heavy atom. The molecule has 0 amide bonds. The third-order valence-electron chi connectivity index (χ3n) is 9.10. The number of rotatable bonds is 5. The minimum Gasteiger partial charge on any atom is -0.228 e. The molecule has 2 nitrogen and oxygen atoms in total. The lowest BCUT2D eigenvalue weighted by Gasteiger charge is -2.22. The standard InChI is InChI=1S/C42H32N2Si/c1-45(2)38-19-10-9-18-37(38)40-41(45)39(36-17-11-16-35(28-36)30-14-7-4-8-15-30)43-42(44-40)34-26-24-33(25-27-34)32-22-20-31(21-23-32)29-12-5-3-6-13-29/h3-28H,1-2H3. The smallest absolute Gasteiger partial charge is 0.160 e. The highest BCUT2D eigenvalue weighted by atomic mass is 28.3. The van der Waals surface area contributed by atoms with Crippen LogP contribution in [0.3, 0.4) is 0 Å². The first kappa shape index (κ1) is 27.2. The predicted molar refractivity (Wildman–Crippen MR) is 191 cm³/mol. The average Bonchev–Trinajstić information content (AvgIpc) is 3.35. The first-order chi connectivity index (χ1) is 22.1. The highest BCUT2D eigenvalue weighted by Gasteiger charge is 2.41. The van der Waals surface area contributed by atoms with Gasteiger partial charge in [-0.2, -0.15) is 0 Å². The predicted octanol–water partition coefficient (Wildman–Crippen LogP) is 9.61. The number of hydrogen-bond acceptors (Lipinski definition) is 2. The van der Waals surface area contributed by atoms with E-state index >= 15 is 0 Å². The van der Waals surface area contributed by atoms with Crippen LogP contribution in [0.5, 0.6) is 0 Å². The van der Waals surface area contributed by atoms with E-state index in [-0.39, 0.29) is 0 Å². The molecule has 0 bridgehead atoms. The van der Waals surface area contributed by atoms with E-state index in [1.54, 1.807) is 0 Å². The molecular weight excluding hydrogens is 561 g/mol. The number of nitrogens with zero attached hydrogens (tertiary/aromatic N) is 2. The van der Waals surface area contributed by atoms with Crippen LogP contribution in [-0.2, 0) is 0 Å². The topological polar surface area (TPSA) is 25.8 Å².